The Morgan fingerprint density at radius 1 is 1.40 bits per heavy atom. The van der Waals surface area contributed by atoms with Crippen LogP contribution in [0.1, 0.15) is 6.92 Å². The topological polar surface area (TPSA) is 81.4 Å². The van der Waals surface area contributed by atoms with E-state index in [4.69, 9.17) is 10.5 Å². The molecule has 20 heavy (non-hydrogen) atoms. The predicted molar refractivity (Wildman–Crippen MR) is 84.4 cm³/mol. The van der Waals surface area contributed by atoms with Crippen LogP contribution in [0.5, 0.6) is 0 Å². The van der Waals surface area contributed by atoms with Gasteiger partial charge in [-0.3, -0.25) is 0 Å². The van der Waals surface area contributed by atoms with Crippen LogP contribution in [0.3, 0.4) is 0 Å². The summed E-state index contributed by atoms with van der Waals surface area (Å²) in [6.45, 7) is 2.87. The molecule has 1 rings (SSSR count). The van der Waals surface area contributed by atoms with E-state index in [2.05, 4.69) is 4.72 Å². The third-order valence-electron chi connectivity index (χ3n) is 2.63. The highest BCUT2D eigenvalue weighted by atomic mass is 32.2. The lowest BCUT2D eigenvalue weighted by Gasteiger charge is -2.12. The van der Waals surface area contributed by atoms with Crippen LogP contribution in [0.15, 0.2) is 29.2 Å². The first-order valence-corrected chi connectivity index (χ1v) is 9.02. The number of benzene rings is 1. The normalized spacial score (nSPS) is 13.3. The second-order valence-electron chi connectivity index (χ2n) is 4.61. The number of ether oxygens (including phenoxy) is 1. The highest BCUT2D eigenvalue weighted by Gasteiger charge is 2.12. The molecule has 1 aromatic carbocycles. The van der Waals surface area contributed by atoms with Gasteiger partial charge in [-0.25, -0.2) is 13.1 Å². The number of hydrogen-bond donors (Lipinski definition) is 2. The lowest BCUT2D eigenvalue weighted by atomic mass is 10.2. The number of hydrogen-bond acceptors (Lipinski definition) is 5. The number of anilines is 1. The zero-order valence-corrected chi connectivity index (χ0v) is 13.5. The molecule has 7 heteroatoms. The molecule has 0 aromatic heterocycles. The molecule has 0 spiro atoms. The number of sulfonamides is 1. The minimum Gasteiger partial charge on any atom is -0.398 e. The Balaban J connectivity index is 2.35. The monoisotopic (exact) mass is 318 g/mol. The van der Waals surface area contributed by atoms with Gasteiger partial charge in [-0.1, -0.05) is 19.1 Å². The van der Waals surface area contributed by atoms with E-state index in [0.717, 1.165) is 4.90 Å². The van der Waals surface area contributed by atoms with Gasteiger partial charge < -0.3 is 10.5 Å². The zero-order valence-electron chi connectivity index (χ0n) is 11.8. The van der Waals surface area contributed by atoms with Gasteiger partial charge in [0.25, 0.3) is 0 Å². The fraction of sp³-hybridized carbons (Fsp3) is 0.538. The van der Waals surface area contributed by atoms with E-state index in [9.17, 15) is 8.42 Å². The second-order valence-corrected chi connectivity index (χ2v) is 7.68. The molecule has 1 atom stereocenters. The minimum absolute atomic E-state index is 0.0751. The summed E-state index contributed by atoms with van der Waals surface area (Å²) in [6, 6.07) is 7.44. The second kappa shape index (κ2) is 8.51. The van der Waals surface area contributed by atoms with Crippen molar-refractivity contribution < 1.29 is 13.2 Å². The van der Waals surface area contributed by atoms with Gasteiger partial charge >= 0.3 is 0 Å². The number of methoxy groups -OCH3 is 1. The largest absolute Gasteiger partial charge is 0.398 e. The smallest absolute Gasteiger partial charge is 0.212 e. The third-order valence-corrected chi connectivity index (χ3v) is 5.33. The molecule has 0 aliphatic rings. The van der Waals surface area contributed by atoms with Gasteiger partial charge in [-0.05, 0) is 18.1 Å². The van der Waals surface area contributed by atoms with Crippen molar-refractivity contribution in [2.45, 2.75) is 11.8 Å². The average molecular weight is 318 g/mol. The Labute approximate surface area is 125 Å². The Morgan fingerprint density at radius 3 is 2.75 bits per heavy atom. The van der Waals surface area contributed by atoms with Crippen LogP contribution in [0.4, 0.5) is 5.69 Å². The van der Waals surface area contributed by atoms with Crippen molar-refractivity contribution >= 4 is 27.5 Å². The maximum absolute atomic E-state index is 11.8. The number of nitrogens with two attached hydrogens (primary N) is 1. The van der Waals surface area contributed by atoms with Crippen molar-refractivity contribution in [2.75, 3.05) is 37.5 Å². The van der Waals surface area contributed by atoms with Gasteiger partial charge in [-0.15, -0.1) is 11.8 Å². The van der Waals surface area contributed by atoms with E-state index in [1.807, 2.05) is 31.2 Å². The molecule has 1 unspecified atom stereocenters. The quantitative estimate of drug-likeness (QED) is 0.533. The summed E-state index contributed by atoms with van der Waals surface area (Å²) in [7, 11) is -1.64. The predicted octanol–water partition coefficient (Wildman–Crippen LogP) is 1.56. The molecule has 0 fully saturated rings. The zero-order chi connectivity index (χ0) is 15.0. The maximum Gasteiger partial charge on any atom is 0.212 e. The molecule has 0 amide bonds. The molecule has 0 heterocycles. The summed E-state index contributed by atoms with van der Waals surface area (Å²) < 4.78 is 31.2. The number of rotatable bonds is 9. The average Bonchev–Trinajstić information content (AvgIpc) is 2.39. The van der Waals surface area contributed by atoms with Gasteiger partial charge in [0.1, 0.15) is 0 Å². The summed E-state index contributed by atoms with van der Waals surface area (Å²) >= 11 is 1.45. The summed E-state index contributed by atoms with van der Waals surface area (Å²) in [6.07, 6.45) is 0. The van der Waals surface area contributed by atoms with E-state index in [-0.39, 0.29) is 11.7 Å². The van der Waals surface area contributed by atoms with Crippen LogP contribution < -0.4 is 10.5 Å². The lowest BCUT2D eigenvalue weighted by Crippen LogP contribution is -2.32. The number of nitrogen functional groups attached to an aromatic ring is 1. The molecular weight excluding hydrogens is 296 g/mol. The SMILES string of the molecule is COCC(C)CNS(=O)(=O)CCSc1ccccc1N. The van der Waals surface area contributed by atoms with Crippen LogP contribution in [0, 0.1) is 5.92 Å². The number of para-hydroxylation sites is 1. The maximum atomic E-state index is 11.8. The van der Waals surface area contributed by atoms with Gasteiger partial charge in [0.05, 0.1) is 5.75 Å². The fourth-order valence-electron chi connectivity index (χ4n) is 1.56. The number of nitrogens with one attached hydrogen (secondary N) is 1. The Bertz CT molecular complexity index is 506. The van der Waals surface area contributed by atoms with Crippen LogP contribution in [-0.2, 0) is 14.8 Å². The van der Waals surface area contributed by atoms with Crippen molar-refractivity contribution in [1.82, 2.24) is 4.72 Å². The van der Waals surface area contributed by atoms with Crippen molar-refractivity contribution in [3.8, 4) is 0 Å². The van der Waals surface area contributed by atoms with Gasteiger partial charge in [-0.2, -0.15) is 0 Å². The lowest BCUT2D eigenvalue weighted by molar-refractivity contribution is 0.161. The fourth-order valence-corrected chi connectivity index (χ4v) is 4.08. The van der Waals surface area contributed by atoms with Crippen molar-refractivity contribution in [3.63, 3.8) is 0 Å². The van der Waals surface area contributed by atoms with Crippen molar-refractivity contribution in [2.24, 2.45) is 5.92 Å². The molecule has 0 aliphatic heterocycles. The van der Waals surface area contributed by atoms with Gasteiger partial charge in [0, 0.05) is 36.6 Å². The number of thioether (sulfide) groups is 1. The first-order valence-electron chi connectivity index (χ1n) is 6.38. The molecular formula is C13H22N2O3S2. The van der Waals surface area contributed by atoms with Crippen LogP contribution in [0.2, 0.25) is 0 Å². The minimum atomic E-state index is -3.25. The first-order chi connectivity index (χ1) is 9.44. The third kappa shape index (κ3) is 6.60. The molecule has 114 valence electrons. The van der Waals surface area contributed by atoms with E-state index < -0.39 is 10.0 Å². The van der Waals surface area contributed by atoms with E-state index in [1.165, 1.54) is 11.8 Å². The highest BCUT2D eigenvalue weighted by Crippen LogP contribution is 2.24. The molecule has 0 saturated heterocycles. The highest BCUT2D eigenvalue weighted by molar-refractivity contribution is 8.00. The van der Waals surface area contributed by atoms with Crippen LogP contribution in [0.25, 0.3) is 0 Å². The van der Waals surface area contributed by atoms with Gasteiger partial charge in [0.2, 0.25) is 10.0 Å². The summed E-state index contributed by atoms with van der Waals surface area (Å²) in [5, 5.41) is 0. The summed E-state index contributed by atoms with van der Waals surface area (Å²) in [4.78, 5) is 0.912. The van der Waals surface area contributed by atoms with E-state index in [0.29, 0.717) is 24.6 Å². The van der Waals surface area contributed by atoms with Gasteiger partial charge in [0.15, 0.2) is 0 Å². The first kappa shape index (κ1) is 17.3. The van der Waals surface area contributed by atoms with E-state index in [1.54, 1.807) is 7.11 Å². The Morgan fingerprint density at radius 2 is 2.10 bits per heavy atom. The molecule has 0 radical (unpaired) electrons. The standard InChI is InChI=1S/C13H22N2O3S2/c1-11(10-18-2)9-15-20(16,17)8-7-19-13-6-4-3-5-12(13)14/h3-6,11,15H,7-10,14H2,1-2H3. The molecule has 3 N–H and O–H groups in total. The van der Waals surface area contributed by atoms with Crippen molar-refractivity contribution in [3.05, 3.63) is 24.3 Å². The molecule has 0 aliphatic carbocycles. The molecule has 0 saturated carbocycles. The van der Waals surface area contributed by atoms with E-state index >= 15 is 0 Å². The molecule has 5 nitrogen and oxygen atoms in total. The molecule has 0 bridgehead atoms. The van der Waals surface area contributed by atoms with Crippen LogP contribution >= 0.6 is 11.8 Å². The Kier molecular flexibility index (Phi) is 7.36. The van der Waals surface area contributed by atoms with Crippen LogP contribution in [-0.4, -0.2) is 40.2 Å². The Hall–Kier alpha value is -0.760. The molecule has 1 aromatic rings. The summed E-state index contributed by atoms with van der Waals surface area (Å²) in [5.41, 5.74) is 6.48. The van der Waals surface area contributed by atoms with Crippen molar-refractivity contribution in [1.29, 1.82) is 0 Å². The summed E-state index contributed by atoms with van der Waals surface area (Å²) in [5.74, 6) is 0.709.